The molecule has 0 amide bonds. The molecule has 0 aromatic carbocycles. The number of hydrogen-bond donors (Lipinski definition) is 0. The van der Waals surface area contributed by atoms with Gasteiger partial charge in [0.1, 0.15) is 10.8 Å². The van der Waals surface area contributed by atoms with Crippen molar-refractivity contribution in [3.8, 4) is 0 Å². The van der Waals surface area contributed by atoms with Crippen molar-refractivity contribution in [3.63, 3.8) is 0 Å². The molecule has 0 aliphatic heterocycles. The lowest BCUT2D eigenvalue weighted by Crippen LogP contribution is -2.29. The fourth-order valence-corrected chi connectivity index (χ4v) is 2.37. The second-order valence-electron chi connectivity index (χ2n) is 4.62. The number of aromatic nitrogens is 2. The molecule has 1 saturated carbocycles. The zero-order chi connectivity index (χ0) is 12.5. The van der Waals surface area contributed by atoms with Crippen LogP contribution in [0.5, 0.6) is 0 Å². The molecule has 0 atom stereocenters. The van der Waals surface area contributed by atoms with E-state index in [-0.39, 0.29) is 0 Å². The van der Waals surface area contributed by atoms with E-state index in [0.29, 0.717) is 11.1 Å². The van der Waals surface area contributed by atoms with Gasteiger partial charge in [-0.3, -0.25) is 0 Å². The molecule has 1 fully saturated rings. The standard InChI is InChI=1S/C13H19ClN2O/c1-4-13(5-2,17-3)12-15-10(9-6-7-9)8-11(14)16-12/h8-9H,4-7H2,1-3H3. The molecule has 1 aromatic heterocycles. The summed E-state index contributed by atoms with van der Waals surface area (Å²) in [7, 11) is 1.72. The van der Waals surface area contributed by atoms with Crippen LogP contribution in [0.2, 0.25) is 5.15 Å². The Hall–Kier alpha value is -0.670. The summed E-state index contributed by atoms with van der Waals surface area (Å²) in [5.74, 6) is 1.32. The molecule has 2 rings (SSSR count). The van der Waals surface area contributed by atoms with E-state index in [0.717, 1.165) is 24.4 Å². The van der Waals surface area contributed by atoms with Gasteiger partial charge in [0.2, 0.25) is 0 Å². The second kappa shape index (κ2) is 4.91. The van der Waals surface area contributed by atoms with Gasteiger partial charge in [-0.2, -0.15) is 0 Å². The van der Waals surface area contributed by atoms with Gasteiger partial charge in [-0.25, -0.2) is 9.97 Å². The summed E-state index contributed by atoms with van der Waals surface area (Å²) in [6.45, 7) is 4.18. The Kier molecular flexibility index (Phi) is 3.69. The Morgan fingerprint density at radius 1 is 1.35 bits per heavy atom. The Morgan fingerprint density at radius 3 is 2.47 bits per heavy atom. The van der Waals surface area contributed by atoms with Crippen molar-refractivity contribution in [1.82, 2.24) is 9.97 Å². The third kappa shape index (κ3) is 2.45. The minimum Gasteiger partial charge on any atom is -0.370 e. The van der Waals surface area contributed by atoms with Gasteiger partial charge in [0.05, 0.1) is 0 Å². The molecule has 0 N–H and O–H groups in total. The normalized spacial score (nSPS) is 16.2. The van der Waals surface area contributed by atoms with Gasteiger partial charge in [0.15, 0.2) is 5.82 Å². The lowest BCUT2D eigenvalue weighted by atomic mass is 9.96. The summed E-state index contributed by atoms with van der Waals surface area (Å²) in [4.78, 5) is 9.02. The molecule has 1 heterocycles. The molecule has 0 bridgehead atoms. The maximum atomic E-state index is 6.09. The highest BCUT2D eigenvalue weighted by molar-refractivity contribution is 6.29. The first-order chi connectivity index (χ1) is 8.15. The van der Waals surface area contributed by atoms with Gasteiger partial charge in [0.25, 0.3) is 0 Å². The average molecular weight is 255 g/mol. The summed E-state index contributed by atoms with van der Waals surface area (Å²) < 4.78 is 5.65. The van der Waals surface area contributed by atoms with Crippen LogP contribution in [0, 0.1) is 0 Å². The van der Waals surface area contributed by atoms with E-state index in [1.54, 1.807) is 7.11 Å². The minimum absolute atomic E-state index is 0.394. The van der Waals surface area contributed by atoms with Crippen LogP contribution in [0.1, 0.15) is 57.0 Å². The van der Waals surface area contributed by atoms with E-state index in [2.05, 4.69) is 23.8 Å². The molecule has 0 saturated heterocycles. The zero-order valence-corrected chi connectivity index (χ0v) is 11.4. The molecule has 17 heavy (non-hydrogen) atoms. The summed E-state index contributed by atoms with van der Waals surface area (Å²) in [6.07, 6.45) is 4.13. The highest BCUT2D eigenvalue weighted by Crippen LogP contribution is 2.40. The molecule has 1 aliphatic rings. The first-order valence-electron chi connectivity index (χ1n) is 6.25. The molecule has 4 heteroatoms. The zero-order valence-electron chi connectivity index (χ0n) is 10.7. The molecule has 1 aliphatic carbocycles. The van der Waals surface area contributed by atoms with E-state index in [4.69, 9.17) is 16.3 Å². The Labute approximate surface area is 108 Å². The summed E-state index contributed by atoms with van der Waals surface area (Å²) in [5, 5.41) is 0.528. The lowest BCUT2D eigenvalue weighted by molar-refractivity contribution is -0.0293. The first-order valence-corrected chi connectivity index (χ1v) is 6.63. The molecule has 3 nitrogen and oxygen atoms in total. The van der Waals surface area contributed by atoms with Crippen LogP contribution >= 0.6 is 11.6 Å². The second-order valence-corrected chi connectivity index (χ2v) is 5.01. The smallest absolute Gasteiger partial charge is 0.162 e. The van der Waals surface area contributed by atoms with Crippen molar-refractivity contribution in [2.75, 3.05) is 7.11 Å². The summed E-state index contributed by atoms with van der Waals surface area (Å²) >= 11 is 6.09. The third-order valence-corrected chi connectivity index (χ3v) is 3.84. The van der Waals surface area contributed by atoms with Gasteiger partial charge in [0, 0.05) is 18.7 Å². The maximum Gasteiger partial charge on any atom is 0.162 e. The van der Waals surface area contributed by atoms with Crippen molar-refractivity contribution in [2.45, 2.75) is 51.0 Å². The highest BCUT2D eigenvalue weighted by atomic mass is 35.5. The SMILES string of the molecule is CCC(CC)(OC)c1nc(Cl)cc(C2CC2)n1. The number of rotatable bonds is 5. The first kappa shape index (κ1) is 12.8. The van der Waals surface area contributed by atoms with E-state index in [9.17, 15) is 0 Å². The topological polar surface area (TPSA) is 35.0 Å². The molecule has 0 unspecified atom stereocenters. The van der Waals surface area contributed by atoms with Crippen molar-refractivity contribution < 1.29 is 4.74 Å². The van der Waals surface area contributed by atoms with E-state index in [1.165, 1.54) is 12.8 Å². The van der Waals surface area contributed by atoms with Gasteiger partial charge < -0.3 is 4.74 Å². The minimum atomic E-state index is -0.394. The molecule has 0 spiro atoms. The number of halogens is 1. The predicted octanol–water partition coefficient (Wildman–Crippen LogP) is 3.67. The van der Waals surface area contributed by atoms with E-state index in [1.807, 2.05) is 6.07 Å². The van der Waals surface area contributed by atoms with Crippen molar-refractivity contribution in [2.24, 2.45) is 0 Å². The Balaban J connectivity index is 2.42. The van der Waals surface area contributed by atoms with Crippen LogP contribution in [-0.2, 0) is 10.3 Å². The number of hydrogen-bond acceptors (Lipinski definition) is 3. The van der Waals surface area contributed by atoms with Crippen molar-refractivity contribution in [3.05, 3.63) is 22.7 Å². The van der Waals surface area contributed by atoms with Crippen molar-refractivity contribution >= 4 is 11.6 Å². The molecular weight excluding hydrogens is 236 g/mol. The fourth-order valence-electron chi connectivity index (χ4n) is 2.17. The monoisotopic (exact) mass is 254 g/mol. The molecule has 0 radical (unpaired) electrons. The van der Waals surface area contributed by atoms with Crippen LogP contribution < -0.4 is 0 Å². The third-order valence-electron chi connectivity index (χ3n) is 3.65. The van der Waals surface area contributed by atoms with Crippen LogP contribution in [0.4, 0.5) is 0 Å². The lowest BCUT2D eigenvalue weighted by Gasteiger charge is -2.28. The molecule has 94 valence electrons. The maximum absolute atomic E-state index is 6.09. The summed E-state index contributed by atoms with van der Waals surface area (Å²) in [5.41, 5.74) is 0.678. The molecular formula is C13H19ClN2O. The van der Waals surface area contributed by atoms with Crippen LogP contribution in [0.25, 0.3) is 0 Å². The Morgan fingerprint density at radius 2 is 2.00 bits per heavy atom. The average Bonchev–Trinajstić information content (AvgIpc) is 3.15. The van der Waals surface area contributed by atoms with Crippen LogP contribution in [0.3, 0.4) is 0 Å². The van der Waals surface area contributed by atoms with Gasteiger partial charge in [-0.15, -0.1) is 0 Å². The van der Waals surface area contributed by atoms with Crippen LogP contribution in [0.15, 0.2) is 6.07 Å². The van der Waals surface area contributed by atoms with Crippen LogP contribution in [-0.4, -0.2) is 17.1 Å². The number of ether oxygens (including phenoxy) is 1. The van der Waals surface area contributed by atoms with Crippen molar-refractivity contribution in [1.29, 1.82) is 0 Å². The fraction of sp³-hybridized carbons (Fsp3) is 0.692. The quantitative estimate of drug-likeness (QED) is 0.752. The molecule has 1 aromatic rings. The van der Waals surface area contributed by atoms with Gasteiger partial charge in [-0.1, -0.05) is 25.4 Å². The highest BCUT2D eigenvalue weighted by Gasteiger charge is 2.34. The Bertz CT molecular complexity index is 392. The summed E-state index contributed by atoms with van der Waals surface area (Å²) in [6, 6.07) is 1.88. The number of nitrogens with zero attached hydrogens (tertiary/aromatic N) is 2. The predicted molar refractivity (Wildman–Crippen MR) is 68.3 cm³/mol. The van der Waals surface area contributed by atoms with Gasteiger partial charge in [-0.05, 0) is 31.7 Å². The van der Waals surface area contributed by atoms with E-state index < -0.39 is 5.60 Å². The number of methoxy groups -OCH3 is 1. The van der Waals surface area contributed by atoms with E-state index >= 15 is 0 Å². The van der Waals surface area contributed by atoms with Gasteiger partial charge >= 0.3 is 0 Å². The largest absolute Gasteiger partial charge is 0.370 e.